The third-order valence-electron chi connectivity index (χ3n) is 6.86. The van der Waals surface area contributed by atoms with Gasteiger partial charge in [-0.25, -0.2) is 0 Å². The molecule has 0 bridgehead atoms. The molecule has 4 nitrogen and oxygen atoms in total. The van der Waals surface area contributed by atoms with Crippen molar-refractivity contribution in [3.05, 3.63) is 58.1 Å². The van der Waals surface area contributed by atoms with E-state index in [9.17, 15) is 5.11 Å². The third kappa shape index (κ3) is 5.48. The van der Waals surface area contributed by atoms with Crippen LogP contribution in [-0.2, 0) is 13.0 Å². The van der Waals surface area contributed by atoms with E-state index in [4.69, 9.17) is 4.74 Å². The van der Waals surface area contributed by atoms with Gasteiger partial charge in [0.2, 0.25) is 0 Å². The number of rotatable bonds is 4. The number of piperazine rings is 1. The number of halogens is 2. The van der Waals surface area contributed by atoms with Gasteiger partial charge in [0.05, 0.1) is 0 Å². The van der Waals surface area contributed by atoms with Gasteiger partial charge < -0.3 is 9.84 Å². The molecule has 2 aliphatic rings. The van der Waals surface area contributed by atoms with Crippen LogP contribution in [0.5, 0.6) is 11.5 Å². The molecule has 2 aliphatic heterocycles. The fraction of sp³-hybridized carbons (Fsp3) is 0.520. The summed E-state index contributed by atoms with van der Waals surface area (Å²) in [6.45, 7) is 14.7. The SMILES string of the molecule is Cc1c(C)c2c(c(C)c1O)CCC(C)(CN1CCN(Cc3ccccc3)CC1)O2.Cl.Cl. The van der Waals surface area contributed by atoms with Gasteiger partial charge in [0.25, 0.3) is 0 Å². The second-order valence-corrected chi connectivity index (χ2v) is 9.12. The Morgan fingerprint density at radius 1 is 0.903 bits per heavy atom. The molecular weight excluding hydrogens is 431 g/mol. The molecule has 4 rings (SSSR count). The molecule has 1 N–H and O–H groups in total. The zero-order valence-corrected chi connectivity index (χ0v) is 20.7. The Balaban J connectivity index is 0.00000171. The van der Waals surface area contributed by atoms with Gasteiger partial charge >= 0.3 is 0 Å². The monoisotopic (exact) mass is 466 g/mol. The van der Waals surface area contributed by atoms with Crippen molar-refractivity contribution in [3.8, 4) is 11.5 Å². The van der Waals surface area contributed by atoms with Crippen LogP contribution in [0.2, 0.25) is 0 Å². The molecule has 0 spiro atoms. The Labute approximate surface area is 199 Å². The van der Waals surface area contributed by atoms with E-state index in [-0.39, 0.29) is 30.4 Å². The third-order valence-corrected chi connectivity index (χ3v) is 6.86. The lowest BCUT2D eigenvalue weighted by atomic mass is 9.87. The Morgan fingerprint density at radius 3 is 2.16 bits per heavy atom. The van der Waals surface area contributed by atoms with Crippen LogP contribution in [0.1, 0.15) is 41.2 Å². The first-order valence-corrected chi connectivity index (χ1v) is 10.9. The van der Waals surface area contributed by atoms with Crippen LogP contribution in [-0.4, -0.2) is 53.2 Å². The molecule has 2 aromatic rings. The zero-order chi connectivity index (χ0) is 20.6. The lowest BCUT2D eigenvalue weighted by Gasteiger charge is -2.43. The second-order valence-electron chi connectivity index (χ2n) is 9.12. The lowest BCUT2D eigenvalue weighted by molar-refractivity contribution is 0.00749. The summed E-state index contributed by atoms with van der Waals surface area (Å²) in [6, 6.07) is 10.7. The predicted molar refractivity (Wildman–Crippen MR) is 132 cm³/mol. The standard InChI is InChI=1S/C25H34N2O2.2ClH/c1-18-19(2)24-22(20(3)23(18)28)10-11-25(4,29-24)17-27-14-12-26(13-15-27)16-21-8-6-5-7-9-21;;/h5-9,28H,10-17H2,1-4H3;2*1H. The molecule has 2 aromatic carbocycles. The van der Waals surface area contributed by atoms with E-state index in [0.29, 0.717) is 5.75 Å². The first-order chi connectivity index (χ1) is 13.9. The highest BCUT2D eigenvalue weighted by Gasteiger charge is 2.36. The van der Waals surface area contributed by atoms with E-state index in [1.807, 2.05) is 13.8 Å². The quantitative estimate of drug-likeness (QED) is 0.682. The summed E-state index contributed by atoms with van der Waals surface area (Å²) >= 11 is 0. The van der Waals surface area contributed by atoms with Crippen molar-refractivity contribution in [2.45, 2.75) is 52.7 Å². The van der Waals surface area contributed by atoms with Gasteiger partial charge in [0.1, 0.15) is 17.1 Å². The van der Waals surface area contributed by atoms with Gasteiger partial charge in [-0.3, -0.25) is 9.80 Å². The Hall–Kier alpha value is -1.46. The van der Waals surface area contributed by atoms with Gasteiger partial charge in [0.15, 0.2) is 0 Å². The van der Waals surface area contributed by atoms with Crippen molar-refractivity contribution in [1.29, 1.82) is 0 Å². The maximum absolute atomic E-state index is 10.4. The summed E-state index contributed by atoms with van der Waals surface area (Å²) in [5.41, 5.74) is 5.43. The summed E-state index contributed by atoms with van der Waals surface area (Å²) in [5, 5.41) is 10.4. The van der Waals surface area contributed by atoms with Gasteiger partial charge in [-0.05, 0) is 62.8 Å². The van der Waals surface area contributed by atoms with E-state index in [0.717, 1.165) is 74.6 Å². The average Bonchev–Trinajstić information content (AvgIpc) is 2.73. The second kappa shape index (κ2) is 10.4. The van der Waals surface area contributed by atoms with Gasteiger partial charge in [-0.15, -0.1) is 24.8 Å². The van der Waals surface area contributed by atoms with Gasteiger partial charge in [-0.1, -0.05) is 30.3 Å². The first kappa shape index (κ1) is 25.8. The number of phenols is 1. The summed E-state index contributed by atoms with van der Waals surface area (Å²) in [4.78, 5) is 5.10. The molecule has 0 aromatic heterocycles. The van der Waals surface area contributed by atoms with E-state index < -0.39 is 0 Å². The van der Waals surface area contributed by atoms with Gasteiger partial charge in [0, 0.05) is 44.8 Å². The maximum Gasteiger partial charge on any atom is 0.127 e. The molecule has 0 amide bonds. The molecule has 31 heavy (non-hydrogen) atoms. The highest BCUT2D eigenvalue weighted by atomic mass is 35.5. The summed E-state index contributed by atoms with van der Waals surface area (Å²) in [7, 11) is 0. The van der Waals surface area contributed by atoms with Crippen LogP contribution in [0.15, 0.2) is 30.3 Å². The van der Waals surface area contributed by atoms with Crippen LogP contribution in [0, 0.1) is 20.8 Å². The number of fused-ring (bicyclic) bond motifs is 1. The zero-order valence-electron chi connectivity index (χ0n) is 19.1. The van der Waals surface area contributed by atoms with Crippen molar-refractivity contribution < 1.29 is 9.84 Å². The summed E-state index contributed by atoms with van der Waals surface area (Å²) in [6.07, 6.45) is 1.97. The average molecular weight is 467 g/mol. The molecule has 2 heterocycles. The van der Waals surface area contributed by atoms with E-state index >= 15 is 0 Å². The fourth-order valence-electron chi connectivity index (χ4n) is 4.83. The topological polar surface area (TPSA) is 35.9 Å². The van der Waals surface area contributed by atoms with Gasteiger partial charge in [-0.2, -0.15) is 0 Å². The minimum Gasteiger partial charge on any atom is -0.507 e. The van der Waals surface area contributed by atoms with Crippen LogP contribution >= 0.6 is 24.8 Å². The summed E-state index contributed by atoms with van der Waals surface area (Å²) < 4.78 is 6.63. The van der Waals surface area contributed by atoms with E-state index in [2.05, 4.69) is 54.0 Å². The molecule has 172 valence electrons. The lowest BCUT2D eigenvalue weighted by Crippen LogP contribution is -2.53. The minimum absolute atomic E-state index is 0. The van der Waals surface area contributed by atoms with Crippen molar-refractivity contribution in [3.63, 3.8) is 0 Å². The van der Waals surface area contributed by atoms with Crippen molar-refractivity contribution in [1.82, 2.24) is 9.80 Å². The number of benzene rings is 2. The van der Waals surface area contributed by atoms with Crippen molar-refractivity contribution in [2.24, 2.45) is 0 Å². The van der Waals surface area contributed by atoms with Crippen LogP contribution in [0.3, 0.4) is 0 Å². The van der Waals surface area contributed by atoms with Crippen LogP contribution in [0.4, 0.5) is 0 Å². The number of phenolic OH excluding ortho intramolecular Hbond substituents is 1. The molecular formula is C25H36Cl2N2O2. The molecule has 1 saturated heterocycles. The number of nitrogens with zero attached hydrogens (tertiary/aromatic N) is 2. The van der Waals surface area contributed by atoms with Crippen LogP contribution < -0.4 is 4.74 Å². The summed E-state index contributed by atoms with van der Waals surface area (Å²) in [5.74, 6) is 1.44. The maximum atomic E-state index is 10.4. The molecule has 1 fully saturated rings. The van der Waals surface area contributed by atoms with E-state index in [1.54, 1.807) is 0 Å². The smallest absolute Gasteiger partial charge is 0.127 e. The van der Waals surface area contributed by atoms with E-state index in [1.165, 1.54) is 11.1 Å². The molecule has 6 heteroatoms. The predicted octanol–water partition coefficient (Wildman–Crippen LogP) is 5.06. The number of hydrogen-bond donors (Lipinski definition) is 1. The number of ether oxygens (including phenoxy) is 1. The van der Waals surface area contributed by atoms with Crippen molar-refractivity contribution in [2.75, 3.05) is 32.7 Å². The molecule has 0 saturated carbocycles. The number of aromatic hydroxyl groups is 1. The Morgan fingerprint density at radius 2 is 1.52 bits per heavy atom. The Bertz CT molecular complexity index is 883. The largest absolute Gasteiger partial charge is 0.507 e. The van der Waals surface area contributed by atoms with Crippen LogP contribution in [0.25, 0.3) is 0 Å². The highest BCUT2D eigenvalue weighted by molar-refractivity contribution is 5.85. The normalized spacial score (nSPS) is 21.4. The molecule has 1 unspecified atom stereocenters. The highest BCUT2D eigenvalue weighted by Crippen LogP contribution is 2.43. The fourth-order valence-corrected chi connectivity index (χ4v) is 4.83. The Kier molecular flexibility index (Phi) is 8.69. The minimum atomic E-state index is -0.171. The van der Waals surface area contributed by atoms with Crippen molar-refractivity contribution >= 4 is 24.8 Å². The number of hydrogen-bond acceptors (Lipinski definition) is 4. The molecule has 1 atom stereocenters. The molecule has 0 aliphatic carbocycles. The first-order valence-electron chi connectivity index (χ1n) is 10.9. The molecule has 0 radical (unpaired) electrons.